The fourth-order valence-corrected chi connectivity index (χ4v) is 0.412. The monoisotopic (exact) mass is 119 g/mol. The molecule has 0 unspecified atom stereocenters. The molecule has 1 N–H and O–H groups in total. The second-order valence-electron chi connectivity index (χ2n) is 1.68. The quantitative estimate of drug-likeness (QED) is 0.611. The third kappa shape index (κ3) is 2.61. The Balaban J connectivity index is 4.22. The van der Waals surface area contributed by atoms with Gasteiger partial charge < -0.3 is 5.11 Å². The maximum Gasteiger partial charge on any atom is 0.306 e. The molecule has 0 bridgehead atoms. The molecule has 0 aromatic heterocycles. The zero-order chi connectivity index (χ0) is 9.07. The van der Waals surface area contributed by atoms with Gasteiger partial charge in [0.1, 0.15) is 0 Å². The molecule has 1 atom stereocenters. The predicted molar refractivity (Wildman–Crippen MR) is 31.7 cm³/mol. The van der Waals surface area contributed by atoms with Gasteiger partial charge in [0, 0.05) is 4.11 Å². The second-order valence-corrected chi connectivity index (χ2v) is 1.68. The summed E-state index contributed by atoms with van der Waals surface area (Å²) >= 11 is 0. The summed E-state index contributed by atoms with van der Waals surface area (Å²) in [4.78, 5) is 10.4. The summed E-state index contributed by atoms with van der Waals surface area (Å²) < 4.78 is 20.6. The molecule has 0 aliphatic heterocycles. The number of carbonyl (C=O) groups is 1. The smallest absolute Gasteiger partial charge is 0.306 e. The first-order valence-corrected chi connectivity index (χ1v) is 2.62. The molecule has 0 saturated heterocycles. The van der Waals surface area contributed by atoms with Crippen LogP contribution in [0.25, 0.3) is 0 Å². The molecule has 0 fully saturated rings. The molecule has 0 saturated carbocycles. The standard InChI is InChI=1S/C6H12O2/c1-3-4-5(2)6(7)8/h5H,3-4H2,1-2H3,(H,7,8)/t5-/m1/s1/i2D3. The Morgan fingerprint density at radius 2 is 2.62 bits per heavy atom. The van der Waals surface area contributed by atoms with E-state index < -0.39 is 18.7 Å². The van der Waals surface area contributed by atoms with Gasteiger partial charge in [-0.2, -0.15) is 0 Å². The molecule has 2 nitrogen and oxygen atoms in total. The minimum absolute atomic E-state index is 0.214. The highest BCUT2D eigenvalue weighted by molar-refractivity contribution is 5.69. The molecule has 0 spiro atoms. The zero-order valence-corrected chi connectivity index (χ0v) is 4.85. The predicted octanol–water partition coefficient (Wildman–Crippen LogP) is 1.51. The summed E-state index contributed by atoms with van der Waals surface area (Å²) in [5.74, 6) is -2.43. The number of rotatable bonds is 3. The Morgan fingerprint density at radius 1 is 2.00 bits per heavy atom. The van der Waals surface area contributed by atoms with E-state index in [1.807, 2.05) is 0 Å². The lowest BCUT2D eigenvalue weighted by molar-refractivity contribution is -0.141. The van der Waals surface area contributed by atoms with E-state index in [0.29, 0.717) is 6.42 Å². The van der Waals surface area contributed by atoms with Crippen molar-refractivity contribution >= 4 is 5.97 Å². The fraction of sp³-hybridized carbons (Fsp3) is 0.833. The Labute approximate surface area is 53.7 Å². The first kappa shape index (κ1) is 3.49. The SMILES string of the molecule is [2H]C([2H])([2H])[C@H](CCC)C(=O)O. The highest BCUT2D eigenvalue weighted by Gasteiger charge is 2.07. The largest absolute Gasteiger partial charge is 0.481 e. The molecular weight excluding hydrogens is 104 g/mol. The lowest BCUT2D eigenvalue weighted by atomic mass is 10.1. The zero-order valence-electron chi connectivity index (χ0n) is 7.85. The summed E-state index contributed by atoms with van der Waals surface area (Å²) in [5, 5.41) is 8.48. The number of aliphatic carboxylic acids is 1. The molecular formula is C6H12O2. The van der Waals surface area contributed by atoms with Gasteiger partial charge in [0.2, 0.25) is 0 Å². The van der Waals surface area contributed by atoms with Crippen LogP contribution in [-0.4, -0.2) is 11.1 Å². The van der Waals surface area contributed by atoms with Gasteiger partial charge in [-0.1, -0.05) is 20.2 Å². The van der Waals surface area contributed by atoms with Crippen molar-refractivity contribution in [1.82, 2.24) is 0 Å². The van der Waals surface area contributed by atoms with E-state index in [1.165, 1.54) is 0 Å². The number of hydrogen-bond donors (Lipinski definition) is 1. The summed E-state index contributed by atoms with van der Waals surface area (Å²) in [7, 11) is 0. The van der Waals surface area contributed by atoms with Crippen molar-refractivity contribution in [2.75, 3.05) is 0 Å². The molecule has 0 aromatic rings. The van der Waals surface area contributed by atoms with E-state index in [9.17, 15) is 4.79 Å². The van der Waals surface area contributed by atoms with Crippen LogP contribution in [-0.2, 0) is 4.79 Å². The van der Waals surface area contributed by atoms with Crippen molar-refractivity contribution in [3.8, 4) is 0 Å². The van der Waals surface area contributed by atoms with Gasteiger partial charge in [-0.15, -0.1) is 0 Å². The Morgan fingerprint density at radius 3 is 2.75 bits per heavy atom. The van der Waals surface area contributed by atoms with Crippen LogP contribution in [0, 0.1) is 5.92 Å². The lowest BCUT2D eigenvalue weighted by Crippen LogP contribution is -2.08. The minimum atomic E-state index is -2.36. The maximum absolute atomic E-state index is 10.4. The average Bonchev–Trinajstić information content (AvgIpc) is 1.79. The van der Waals surface area contributed by atoms with Crippen LogP contribution in [0.15, 0.2) is 0 Å². The lowest BCUT2D eigenvalue weighted by Gasteiger charge is -2.00. The summed E-state index contributed by atoms with van der Waals surface area (Å²) in [6.07, 6.45) is 0.793. The molecule has 0 aliphatic carbocycles. The van der Waals surface area contributed by atoms with Gasteiger partial charge in [0.15, 0.2) is 0 Å². The van der Waals surface area contributed by atoms with E-state index >= 15 is 0 Å². The van der Waals surface area contributed by atoms with Gasteiger partial charge in [-0.25, -0.2) is 0 Å². The topological polar surface area (TPSA) is 37.3 Å². The third-order valence-corrected chi connectivity index (χ3v) is 0.875. The van der Waals surface area contributed by atoms with E-state index in [0.717, 1.165) is 0 Å². The summed E-state index contributed by atoms with van der Waals surface area (Å²) in [6, 6.07) is 0. The summed E-state index contributed by atoms with van der Waals surface area (Å²) in [5.41, 5.74) is 0. The van der Waals surface area contributed by atoms with Gasteiger partial charge in [-0.3, -0.25) is 4.79 Å². The van der Waals surface area contributed by atoms with Crippen molar-refractivity contribution in [1.29, 1.82) is 0 Å². The normalized spacial score (nSPS) is 20.4. The summed E-state index contributed by atoms with van der Waals surface area (Å²) in [6.45, 7) is -0.594. The highest BCUT2D eigenvalue weighted by atomic mass is 16.4. The number of carboxylic acids is 1. The first-order valence-electron chi connectivity index (χ1n) is 4.12. The molecule has 48 valence electrons. The molecule has 0 radical (unpaired) electrons. The third-order valence-electron chi connectivity index (χ3n) is 0.875. The van der Waals surface area contributed by atoms with Gasteiger partial charge >= 0.3 is 5.97 Å². The first-order chi connectivity index (χ1) is 4.89. The van der Waals surface area contributed by atoms with Crippen LogP contribution in [0.2, 0.25) is 0 Å². The van der Waals surface area contributed by atoms with Crippen molar-refractivity contribution < 1.29 is 14.0 Å². The van der Waals surface area contributed by atoms with Crippen LogP contribution in [0.4, 0.5) is 0 Å². The van der Waals surface area contributed by atoms with E-state index in [1.54, 1.807) is 6.92 Å². The van der Waals surface area contributed by atoms with Gasteiger partial charge in [0.05, 0.1) is 5.92 Å². The van der Waals surface area contributed by atoms with Crippen molar-refractivity contribution in [3.05, 3.63) is 0 Å². The Hall–Kier alpha value is -0.530. The van der Waals surface area contributed by atoms with E-state index in [-0.39, 0.29) is 6.42 Å². The maximum atomic E-state index is 10.4. The minimum Gasteiger partial charge on any atom is -0.481 e. The molecule has 0 amide bonds. The van der Waals surface area contributed by atoms with Crippen LogP contribution >= 0.6 is 0 Å². The average molecular weight is 119 g/mol. The van der Waals surface area contributed by atoms with E-state index in [4.69, 9.17) is 9.22 Å². The van der Waals surface area contributed by atoms with Gasteiger partial charge in [-0.05, 0) is 6.42 Å². The fourth-order valence-electron chi connectivity index (χ4n) is 0.412. The van der Waals surface area contributed by atoms with Crippen LogP contribution in [0.3, 0.4) is 0 Å². The Kier molecular flexibility index (Phi) is 1.51. The number of carboxylic acid groups (broad SMARTS) is 1. The second kappa shape index (κ2) is 3.47. The van der Waals surface area contributed by atoms with Crippen LogP contribution in [0.5, 0.6) is 0 Å². The van der Waals surface area contributed by atoms with Crippen LogP contribution < -0.4 is 0 Å². The molecule has 0 aromatic carbocycles. The Bertz CT molecular complexity index is 141. The molecule has 0 rings (SSSR count). The molecule has 0 aliphatic rings. The van der Waals surface area contributed by atoms with Crippen molar-refractivity contribution in [2.24, 2.45) is 5.92 Å². The number of hydrogen-bond acceptors (Lipinski definition) is 1. The molecule has 8 heavy (non-hydrogen) atoms. The van der Waals surface area contributed by atoms with E-state index in [2.05, 4.69) is 0 Å². The van der Waals surface area contributed by atoms with Crippen molar-refractivity contribution in [2.45, 2.75) is 26.6 Å². The van der Waals surface area contributed by atoms with Crippen molar-refractivity contribution in [3.63, 3.8) is 0 Å². The highest BCUT2D eigenvalue weighted by Crippen LogP contribution is 2.03. The molecule has 2 heteroatoms. The van der Waals surface area contributed by atoms with Gasteiger partial charge in [0.25, 0.3) is 0 Å². The van der Waals surface area contributed by atoms with Crippen LogP contribution in [0.1, 0.15) is 30.7 Å². The molecule has 0 heterocycles.